The maximum absolute atomic E-state index is 12.6. The van der Waals surface area contributed by atoms with Gasteiger partial charge in [-0.15, -0.1) is 35.3 Å². The Bertz CT molecular complexity index is 647. The van der Waals surface area contributed by atoms with Crippen molar-refractivity contribution in [3.8, 4) is 0 Å². The van der Waals surface area contributed by atoms with Gasteiger partial charge in [0, 0.05) is 58.1 Å². The number of carbonyl (C=O) groups is 1. The Balaban J connectivity index is 0.00000392. The van der Waals surface area contributed by atoms with Crippen molar-refractivity contribution in [2.75, 3.05) is 45.8 Å². The predicted molar refractivity (Wildman–Crippen MR) is 114 cm³/mol. The summed E-state index contributed by atoms with van der Waals surface area (Å²) in [6.45, 7) is 8.80. The number of halogens is 4. The summed E-state index contributed by atoms with van der Waals surface area (Å²) in [4.78, 5) is 23.3. The molecule has 2 heterocycles. The third-order valence-electron chi connectivity index (χ3n) is 4.10. The number of hydrogen-bond donors (Lipinski definition) is 2. The molecule has 7 nitrogen and oxygen atoms in total. The number of rotatable bonds is 6. The summed E-state index contributed by atoms with van der Waals surface area (Å²) in [5.74, 6) is 0.647. The molecule has 160 valence electrons. The molecule has 2 rings (SSSR count). The monoisotopic (exact) mass is 534 g/mol. The molecule has 0 atom stereocenters. The maximum Gasteiger partial charge on any atom is 0.434 e. The first-order valence-corrected chi connectivity index (χ1v) is 9.69. The quantitative estimate of drug-likeness (QED) is 0.332. The molecule has 0 unspecified atom stereocenters. The number of nitrogens with zero attached hydrogens (tertiary/aromatic N) is 4. The standard InChI is InChI=1S/C16H25F3N6OS.HI/c1-3-20-15(22-10-14-23-13(11-27-14)16(17,18)19)21-4-5-24-6-8-25(9-7-24)12(2)26;/h11H,3-10H2,1-2H3,(H2,20,21,22);1H. The van der Waals surface area contributed by atoms with E-state index in [0.29, 0.717) is 24.1 Å². The Hall–Kier alpha value is -1.15. The summed E-state index contributed by atoms with van der Waals surface area (Å²) >= 11 is 0.951. The second kappa shape index (κ2) is 11.8. The first kappa shape index (κ1) is 24.9. The van der Waals surface area contributed by atoms with Gasteiger partial charge in [0.05, 0.1) is 6.54 Å². The molecule has 0 saturated carbocycles. The van der Waals surface area contributed by atoms with Gasteiger partial charge in [0.25, 0.3) is 0 Å². The second-order valence-corrected chi connectivity index (χ2v) is 7.04. The smallest absolute Gasteiger partial charge is 0.357 e. The van der Waals surface area contributed by atoms with E-state index in [9.17, 15) is 18.0 Å². The van der Waals surface area contributed by atoms with E-state index in [2.05, 4.69) is 25.5 Å². The highest BCUT2D eigenvalue weighted by Crippen LogP contribution is 2.30. The van der Waals surface area contributed by atoms with Crippen LogP contribution in [-0.2, 0) is 17.5 Å². The summed E-state index contributed by atoms with van der Waals surface area (Å²) in [6, 6.07) is 0. The Morgan fingerprint density at radius 1 is 1.29 bits per heavy atom. The number of aliphatic imine (C=N–C) groups is 1. The van der Waals surface area contributed by atoms with Crippen molar-refractivity contribution >= 4 is 47.2 Å². The van der Waals surface area contributed by atoms with Crippen molar-refractivity contribution in [1.29, 1.82) is 0 Å². The lowest BCUT2D eigenvalue weighted by Crippen LogP contribution is -2.50. The summed E-state index contributed by atoms with van der Waals surface area (Å²) in [6.07, 6.45) is -4.42. The highest BCUT2D eigenvalue weighted by Gasteiger charge is 2.33. The van der Waals surface area contributed by atoms with Gasteiger partial charge in [0.15, 0.2) is 11.7 Å². The van der Waals surface area contributed by atoms with Crippen LogP contribution in [0.25, 0.3) is 0 Å². The third-order valence-corrected chi connectivity index (χ3v) is 4.93. The van der Waals surface area contributed by atoms with Crippen LogP contribution in [0.2, 0.25) is 0 Å². The molecule has 0 radical (unpaired) electrons. The van der Waals surface area contributed by atoms with Crippen molar-refractivity contribution in [1.82, 2.24) is 25.4 Å². The van der Waals surface area contributed by atoms with Crippen molar-refractivity contribution in [2.24, 2.45) is 4.99 Å². The van der Waals surface area contributed by atoms with Crippen molar-refractivity contribution < 1.29 is 18.0 Å². The van der Waals surface area contributed by atoms with Crippen LogP contribution in [0.4, 0.5) is 13.2 Å². The highest BCUT2D eigenvalue weighted by atomic mass is 127. The zero-order valence-electron chi connectivity index (χ0n) is 15.9. The molecule has 1 aliphatic rings. The average Bonchev–Trinajstić information content (AvgIpc) is 3.09. The Morgan fingerprint density at radius 2 is 1.96 bits per heavy atom. The topological polar surface area (TPSA) is 72.9 Å². The summed E-state index contributed by atoms with van der Waals surface area (Å²) in [5, 5.41) is 7.58. The SMILES string of the molecule is CCNC(=NCc1nc(C(F)(F)F)cs1)NCCN1CCN(C(C)=O)CC1.I. The largest absolute Gasteiger partial charge is 0.434 e. The van der Waals surface area contributed by atoms with Gasteiger partial charge in [0.1, 0.15) is 5.01 Å². The Morgan fingerprint density at radius 3 is 2.50 bits per heavy atom. The normalized spacial score (nSPS) is 15.9. The van der Waals surface area contributed by atoms with Crippen molar-refractivity contribution in [3.63, 3.8) is 0 Å². The van der Waals surface area contributed by atoms with Crippen LogP contribution in [0, 0.1) is 0 Å². The number of hydrogen-bond acceptors (Lipinski definition) is 5. The predicted octanol–water partition coefficient (Wildman–Crippen LogP) is 2.00. The van der Waals surface area contributed by atoms with Gasteiger partial charge in [-0.2, -0.15) is 13.2 Å². The van der Waals surface area contributed by atoms with E-state index in [-0.39, 0.29) is 36.4 Å². The van der Waals surface area contributed by atoms with E-state index < -0.39 is 11.9 Å². The molecule has 0 spiro atoms. The first-order chi connectivity index (χ1) is 12.8. The van der Waals surface area contributed by atoms with E-state index in [4.69, 9.17) is 0 Å². The van der Waals surface area contributed by atoms with Crippen molar-refractivity contribution in [3.05, 3.63) is 16.1 Å². The minimum absolute atomic E-state index is 0. The zero-order valence-corrected chi connectivity index (χ0v) is 19.0. The summed E-state index contributed by atoms with van der Waals surface area (Å²) < 4.78 is 37.8. The van der Waals surface area contributed by atoms with E-state index in [1.165, 1.54) is 0 Å². The number of aromatic nitrogens is 1. The van der Waals surface area contributed by atoms with Crippen LogP contribution < -0.4 is 10.6 Å². The molecule has 1 saturated heterocycles. The number of carbonyl (C=O) groups excluding carboxylic acids is 1. The number of piperazine rings is 1. The zero-order chi connectivity index (χ0) is 19.9. The summed E-state index contributed by atoms with van der Waals surface area (Å²) in [7, 11) is 0. The molecule has 2 N–H and O–H groups in total. The Kier molecular flexibility index (Phi) is 10.4. The number of thiazole rings is 1. The number of alkyl halides is 3. The number of guanidine groups is 1. The third kappa shape index (κ3) is 8.07. The molecule has 0 aromatic carbocycles. The van der Waals surface area contributed by atoms with Gasteiger partial charge in [0.2, 0.25) is 5.91 Å². The van der Waals surface area contributed by atoms with E-state index >= 15 is 0 Å². The lowest BCUT2D eigenvalue weighted by Gasteiger charge is -2.34. The maximum atomic E-state index is 12.6. The molecule has 28 heavy (non-hydrogen) atoms. The van der Waals surface area contributed by atoms with Gasteiger partial charge < -0.3 is 15.5 Å². The molecule has 0 bridgehead atoms. The highest BCUT2D eigenvalue weighted by molar-refractivity contribution is 14.0. The van der Waals surface area contributed by atoms with Crippen LogP contribution >= 0.6 is 35.3 Å². The molecule has 1 fully saturated rings. The lowest BCUT2D eigenvalue weighted by molar-refractivity contribution is -0.140. The molecule has 1 aromatic heterocycles. The molecule has 12 heteroatoms. The Labute approximate surface area is 183 Å². The summed E-state index contributed by atoms with van der Waals surface area (Å²) in [5.41, 5.74) is -0.875. The van der Waals surface area contributed by atoms with Crippen LogP contribution in [0.3, 0.4) is 0 Å². The van der Waals surface area contributed by atoms with Gasteiger partial charge in [-0.1, -0.05) is 0 Å². The molecule has 1 aromatic rings. The van der Waals surface area contributed by atoms with Gasteiger partial charge in [-0.3, -0.25) is 9.69 Å². The van der Waals surface area contributed by atoms with E-state index in [1.807, 2.05) is 11.8 Å². The van der Waals surface area contributed by atoms with Gasteiger partial charge in [-0.05, 0) is 6.92 Å². The van der Waals surface area contributed by atoms with Gasteiger partial charge in [-0.25, -0.2) is 9.98 Å². The number of amides is 1. The fourth-order valence-electron chi connectivity index (χ4n) is 2.62. The number of nitrogens with one attached hydrogen (secondary N) is 2. The lowest BCUT2D eigenvalue weighted by atomic mass is 10.3. The minimum atomic E-state index is -4.42. The fraction of sp³-hybridized carbons (Fsp3) is 0.688. The first-order valence-electron chi connectivity index (χ1n) is 8.81. The van der Waals surface area contributed by atoms with E-state index in [1.54, 1.807) is 6.92 Å². The van der Waals surface area contributed by atoms with Crippen molar-refractivity contribution in [2.45, 2.75) is 26.6 Å². The van der Waals surface area contributed by atoms with Gasteiger partial charge >= 0.3 is 6.18 Å². The van der Waals surface area contributed by atoms with Crippen LogP contribution in [-0.4, -0.2) is 72.5 Å². The molecule has 1 aliphatic heterocycles. The van der Waals surface area contributed by atoms with Crippen LogP contribution in [0.15, 0.2) is 10.4 Å². The minimum Gasteiger partial charge on any atom is -0.357 e. The molecular formula is C16H26F3IN6OS. The molecule has 0 aliphatic carbocycles. The van der Waals surface area contributed by atoms with Crippen LogP contribution in [0.5, 0.6) is 0 Å². The molecule has 1 amide bonds. The van der Waals surface area contributed by atoms with E-state index in [0.717, 1.165) is 49.4 Å². The molecular weight excluding hydrogens is 508 g/mol. The van der Waals surface area contributed by atoms with Crippen LogP contribution in [0.1, 0.15) is 24.5 Å². The second-order valence-electron chi connectivity index (χ2n) is 6.09. The average molecular weight is 534 g/mol. The fourth-order valence-corrected chi connectivity index (χ4v) is 3.35.